The van der Waals surface area contributed by atoms with E-state index in [0.29, 0.717) is 36.7 Å². The van der Waals surface area contributed by atoms with Crippen molar-refractivity contribution in [2.24, 2.45) is 0 Å². The first-order valence-corrected chi connectivity index (χ1v) is 9.03. The van der Waals surface area contributed by atoms with Crippen LogP contribution in [0.5, 0.6) is 0 Å². The number of hydrogen-bond donors (Lipinski definition) is 0. The van der Waals surface area contributed by atoms with Crippen molar-refractivity contribution in [1.82, 2.24) is 19.7 Å². The van der Waals surface area contributed by atoms with Crippen molar-refractivity contribution in [3.63, 3.8) is 0 Å². The van der Waals surface area contributed by atoms with Gasteiger partial charge < -0.3 is 9.32 Å². The molecular weight excluding hydrogens is 344 g/mol. The Morgan fingerprint density at radius 3 is 2.67 bits per heavy atom. The maximum atomic E-state index is 13.0. The Morgan fingerprint density at radius 2 is 1.89 bits per heavy atom. The Morgan fingerprint density at radius 1 is 1.07 bits per heavy atom. The molecule has 1 amide bonds. The molecule has 7 nitrogen and oxygen atoms in total. The van der Waals surface area contributed by atoms with Crippen LogP contribution in [0.15, 0.2) is 58.1 Å². The molecule has 1 spiro atoms. The van der Waals surface area contributed by atoms with Crippen LogP contribution in [0.1, 0.15) is 29.0 Å². The summed E-state index contributed by atoms with van der Waals surface area (Å²) in [6.45, 7) is 1.80. The highest BCUT2D eigenvalue weighted by atomic mass is 16.3. The highest BCUT2D eigenvalue weighted by Gasteiger charge is 2.48. The normalized spacial score (nSPS) is 21.0. The number of likely N-dealkylation sites (tertiary alicyclic amines) is 1. The molecule has 0 N–H and O–H groups in total. The van der Waals surface area contributed by atoms with Crippen LogP contribution < -0.4 is 5.56 Å². The van der Waals surface area contributed by atoms with Crippen LogP contribution in [0.3, 0.4) is 0 Å². The first-order valence-electron chi connectivity index (χ1n) is 9.03. The van der Waals surface area contributed by atoms with Gasteiger partial charge in [-0.3, -0.25) is 14.2 Å². The number of amides is 1. The summed E-state index contributed by atoms with van der Waals surface area (Å²) >= 11 is 0. The molecule has 1 unspecified atom stereocenters. The van der Waals surface area contributed by atoms with Crippen molar-refractivity contribution < 1.29 is 9.21 Å². The molecule has 5 rings (SSSR count). The second kappa shape index (κ2) is 5.90. The average molecular weight is 362 g/mol. The number of benzene rings is 1. The van der Waals surface area contributed by atoms with Crippen molar-refractivity contribution in [3.8, 4) is 11.3 Å². The third-order valence-electron chi connectivity index (χ3n) is 5.69. The molecule has 7 heteroatoms. The number of fused-ring (bicyclic) bond motifs is 2. The van der Waals surface area contributed by atoms with E-state index in [1.807, 2.05) is 35.2 Å². The summed E-state index contributed by atoms with van der Waals surface area (Å²) in [5, 5.41) is 8.70. The summed E-state index contributed by atoms with van der Waals surface area (Å²) < 4.78 is 6.76. The van der Waals surface area contributed by atoms with Gasteiger partial charge in [0.1, 0.15) is 12.1 Å². The van der Waals surface area contributed by atoms with E-state index in [0.717, 1.165) is 18.4 Å². The molecule has 2 aliphatic heterocycles. The number of carbonyl (C=O) groups is 1. The molecule has 3 aromatic rings. The van der Waals surface area contributed by atoms with Crippen molar-refractivity contribution in [1.29, 1.82) is 0 Å². The zero-order chi connectivity index (χ0) is 18.4. The summed E-state index contributed by atoms with van der Waals surface area (Å²) in [6, 6.07) is 11.1. The van der Waals surface area contributed by atoms with Gasteiger partial charge in [0.2, 0.25) is 0 Å². The topological polar surface area (TPSA) is 81.2 Å². The molecule has 0 saturated carbocycles. The second-order valence-electron chi connectivity index (χ2n) is 7.21. The van der Waals surface area contributed by atoms with Crippen molar-refractivity contribution in [2.45, 2.75) is 24.8 Å². The zero-order valence-corrected chi connectivity index (χ0v) is 14.7. The van der Waals surface area contributed by atoms with Gasteiger partial charge in [0.15, 0.2) is 5.69 Å². The van der Waals surface area contributed by atoms with Gasteiger partial charge in [-0.25, -0.2) is 0 Å². The van der Waals surface area contributed by atoms with E-state index in [9.17, 15) is 9.59 Å². The van der Waals surface area contributed by atoms with E-state index < -0.39 is 0 Å². The minimum absolute atomic E-state index is 0.0460. The Kier molecular flexibility index (Phi) is 3.50. The van der Waals surface area contributed by atoms with Gasteiger partial charge in [-0.15, -0.1) is 10.2 Å². The van der Waals surface area contributed by atoms with E-state index >= 15 is 0 Å². The molecule has 0 aliphatic carbocycles. The smallest absolute Gasteiger partial charge is 0.280 e. The Hall–Kier alpha value is -3.22. The lowest BCUT2D eigenvalue weighted by molar-refractivity contribution is 0.0782. The fourth-order valence-electron chi connectivity index (χ4n) is 4.23. The Bertz CT molecular complexity index is 1060. The molecule has 27 heavy (non-hydrogen) atoms. The van der Waals surface area contributed by atoms with E-state index in [1.165, 1.54) is 12.5 Å². The minimum Gasteiger partial charge on any atom is -0.472 e. The first kappa shape index (κ1) is 16.0. The van der Waals surface area contributed by atoms with Gasteiger partial charge in [-0.05, 0) is 18.9 Å². The van der Waals surface area contributed by atoms with E-state index in [1.54, 1.807) is 10.6 Å². The first-order chi connectivity index (χ1) is 13.2. The van der Waals surface area contributed by atoms with Gasteiger partial charge >= 0.3 is 0 Å². The summed E-state index contributed by atoms with van der Waals surface area (Å²) in [7, 11) is 0. The summed E-state index contributed by atoms with van der Waals surface area (Å²) in [5.74, 6) is 0.657. The van der Waals surface area contributed by atoms with Gasteiger partial charge in [-0.1, -0.05) is 30.3 Å². The van der Waals surface area contributed by atoms with Crippen molar-refractivity contribution >= 4 is 5.91 Å². The molecule has 2 aliphatic rings. The number of aromatic nitrogens is 3. The zero-order valence-electron chi connectivity index (χ0n) is 14.7. The van der Waals surface area contributed by atoms with Crippen LogP contribution in [0.4, 0.5) is 0 Å². The average Bonchev–Trinajstić information content (AvgIpc) is 3.44. The quantitative estimate of drug-likeness (QED) is 0.697. The maximum Gasteiger partial charge on any atom is 0.280 e. The fourth-order valence-corrected chi connectivity index (χ4v) is 4.23. The molecular formula is C20H18N4O3. The van der Waals surface area contributed by atoms with Crippen molar-refractivity contribution in [3.05, 3.63) is 70.7 Å². The summed E-state index contributed by atoms with van der Waals surface area (Å²) in [6.07, 6.45) is 4.55. The number of carbonyl (C=O) groups excluding carboxylic acids is 1. The summed E-state index contributed by atoms with van der Waals surface area (Å²) in [4.78, 5) is 27.4. The monoisotopic (exact) mass is 362 g/mol. The largest absolute Gasteiger partial charge is 0.472 e. The van der Waals surface area contributed by atoms with Gasteiger partial charge in [0, 0.05) is 25.2 Å². The van der Waals surface area contributed by atoms with E-state index in [4.69, 9.17) is 4.42 Å². The van der Waals surface area contributed by atoms with Crippen LogP contribution in [-0.2, 0) is 12.0 Å². The lowest BCUT2D eigenvalue weighted by Crippen LogP contribution is -2.35. The van der Waals surface area contributed by atoms with Crippen LogP contribution in [0.25, 0.3) is 11.3 Å². The maximum absolute atomic E-state index is 13.0. The Balaban J connectivity index is 1.48. The molecule has 1 aromatic carbocycles. The number of hydrogen-bond acceptors (Lipinski definition) is 5. The molecule has 1 saturated heterocycles. The number of furan rings is 1. The molecule has 2 aromatic heterocycles. The molecule has 0 bridgehead atoms. The molecule has 136 valence electrons. The Labute approximate surface area is 155 Å². The van der Waals surface area contributed by atoms with Gasteiger partial charge in [0.05, 0.1) is 17.2 Å². The van der Waals surface area contributed by atoms with Crippen LogP contribution in [0.2, 0.25) is 0 Å². The highest BCUT2D eigenvalue weighted by molar-refractivity contribution is 5.94. The second-order valence-corrected chi connectivity index (χ2v) is 7.21. The third kappa shape index (κ3) is 2.42. The lowest BCUT2D eigenvalue weighted by Gasteiger charge is -2.22. The molecule has 0 radical (unpaired) electrons. The summed E-state index contributed by atoms with van der Waals surface area (Å²) in [5.41, 5.74) is 1.30. The lowest BCUT2D eigenvalue weighted by atomic mass is 9.85. The SMILES string of the molecule is O=C(c1ccoc1)N1CCC2(CCn3c2nnc(-c2ccccc2)c3=O)C1. The third-order valence-corrected chi connectivity index (χ3v) is 5.69. The van der Waals surface area contributed by atoms with Gasteiger partial charge in [-0.2, -0.15) is 0 Å². The highest BCUT2D eigenvalue weighted by Crippen LogP contribution is 2.41. The van der Waals surface area contributed by atoms with Crippen LogP contribution in [-0.4, -0.2) is 38.7 Å². The van der Waals surface area contributed by atoms with E-state index in [2.05, 4.69) is 10.2 Å². The predicted molar refractivity (Wildman–Crippen MR) is 97.3 cm³/mol. The van der Waals surface area contributed by atoms with Gasteiger partial charge in [0.25, 0.3) is 11.5 Å². The van der Waals surface area contributed by atoms with Crippen LogP contribution in [0, 0.1) is 0 Å². The number of rotatable bonds is 2. The molecule has 4 heterocycles. The van der Waals surface area contributed by atoms with E-state index in [-0.39, 0.29) is 16.9 Å². The minimum atomic E-state index is -0.291. The standard InChI is InChI=1S/C20H18N4O3/c25-17(15-6-11-27-12-15)23-9-7-20(13-23)8-10-24-18(26)16(21-22-19(20)24)14-4-2-1-3-5-14/h1-6,11-12H,7-10,13H2. The number of nitrogens with zero attached hydrogens (tertiary/aromatic N) is 4. The molecule has 1 atom stereocenters. The van der Waals surface area contributed by atoms with Crippen LogP contribution >= 0.6 is 0 Å². The predicted octanol–water partition coefficient (Wildman–Crippen LogP) is 2.09. The van der Waals surface area contributed by atoms with Crippen molar-refractivity contribution in [2.75, 3.05) is 13.1 Å². The molecule has 1 fully saturated rings. The fraction of sp³-hybridized carbons (Fsp3) is 0.300.